The number of aliphatic hydroxyl groups excluding tert-OH is 1. The van der Waals surface area contributed by atoms with Crippen molar-refractivity contribution in [1.82, 2.24) is 4.57 Å². The van der Waals surface area contributed by atoms with Crippen molar-refractivity contribution < 1.29 is 5.11 Å². The van der Waals surface area contributed by atoms with E-state index in [-0.39, 0.29) is 17.6 Å². The molecule has 1 aromatic heterocycles. The number of aliphatic hydroxyl groups is 1. The van der Waals surface area contributed by atoms with Crippen molar-refractivity contribution in [2.24, 2.45) is 0 Å². The number of aromatic nitrogens is 1. The van der Waals surface area contributed by atoms with Crippen LogP contribution < -0.4 is 5.43 Å². The van der Waals surface area contributed by atoms with Crippen LogP contribution in [0, 0.1) is 13.8 Å². The summed E-state index contributed by atoms with van der Waals surface area (Å²) in [6.45, 7) is 3.88. The van der Waals surface area contributed by atoms with E-state index in [1.807, 2.05) is 13.8 Å². The number of nitrogens with zero attached hydrogens (tertiary/aromatic N) is 1. The van der Waals surface area contributed by atoms with Gasteiger partial charge in [0.15, 0.2) is 5.43 Å². The molecule has 0 spiro atoms. The first-order valence-corrected chi connectivity index (χ1v) is 5.97. The van der Waals surface area contributed by atoms with Crippen LogP contribution in [-0.4, -0.2) is 15.8 Å². The van der Waals surface area contributed by atoms with Crippen LogP contribution >= 0.6 is 0 Å². The second kappa shape index (κ2) is 4.42. The van der Waals surface area contributed by atoms with Gasteiger partial charge in [-0.25, -0.2) is 0 Å². The average molecular weight is 221 g/mol. The molecule has 3 nitrogen and oxygen atoms in total. The minimum absolute atomic E-state index is 0.0524. The third kappa shape index (κ3) is 2.05. The maximum Gasteiger partial charge on any atom is 0.182 e. The molecule has 2 atom stereocenters. The van der Waals surface area contributed by atoms with E-state index in [0.29, 0.717) is 0 Å². The summed E-state index contributed by atoms with van der Waals surface area (Å²) in [5, 5.41) is 10.0. The molecule has 1 aliphatic carbocycles. The average Bonchev–Trinajstić information content (AvgIpc) is 2.19. The van der Waals surface area contributed by atoms with E-state index >= 15 is 0 Å². The largest absolute Gasteiger partial charge is 0.391 e. The van der Waals surface area contributed by atoms with Crippen molar-refractivity contribution in [2.45, 2.75) is 51.7 Å². The first kappa shape index (κ1) is 11.4. The highest BCUT2D eigenvalue weighted by Crippen LogP contribution is 2.30. The van der Waals surface area contributed by atoms with Gasteiger partial charge in [-0.3, -0.25) is 4.79 Å². The van der Waals surface area contributed by atoms with Gasteiger partial charge in [0.1, 0.15) is 0 Å². The number of pyridine rings is 1. The van der Waals surface area contributed by atoms with Crippen LogP contribution in [0.4, 0.5) is 0 Å². The Morgan fingerprint density at radius 3 is 2.31 bits per heavy atom. The number of aryl methyl sites for hydroxylation is 2. The lowest BCUT2D eigenvalue weighted by Crippen LogP contribution is -2.30. The maximum absolute atomic E-state index is 11.4. The van der Waals surface area contributed by atoms with Crippen LogP contribution in [0.2, 0.25) is 0 Å². The molecule has 2 rings (SSSR count). The zero-order valence-corrected chi connectivity index (χ0v) is 9.94. The summed E-state index contributed by atoms with van der Waals surface area (Å²) in [5.41, 5.74) is 1.96. The van der Waals surface area contributed by atoms with Crippen LogP contribution in [0.5, 0.6) is 0 Å². The van der Waals surface area contributed by atoms with E-state index in [1.54, 1.807) is 12.1 Å². The molecule has 0 saturated heterocycles. The van der Waals surface area contributed by atoms with E-state index in [4.69, 9.17) is 0 Å². The van der Waals surface area contributed by atoms with Crippen molar-refractivity contribution >= 4 is 0 Å². The molecule has 1 fully saturated rings. The van der Waals surface area contributed by atoms with Gasteiger partial charge in [-0.1, -0.05) is 12.8 Å². The highest BCUT2D eigenvalue weighted by Gasteiger charge is 2.25. The maximum atomic E-state index is 11.4. The van der Waals surface area contributed by atoms with Crippen molar-refractivity contribution in [3.63, 3.8) is 0 Å². The Labute approximate surface area is 95.7 Å². The Bertz CT molecular complexity index is 410. The first-order chi connectivity index (χ1) is 7.59. The standard InChI is InChI=1S/C13H19NO2/c1-9-7-11(15)8-10(2)14(9)12-5-3-4-6-13(12)16/h7-8,12-13,16H,3-6H2,1-2H3. The molecule has 1 aliphatic rings. The van der Waals surface area contributed by atoms with Gasteiger partial charge in [-0.05, 0) is 26.7 Å². The van der Waals surface area contributed by atoms with E-state index in [9.17, 15) is 9.90 Å². The molecule has 1 N–H and O–H groups in total. The zero-order valence-electron chi connectivity index (χ0n) is 9.94. The number of hydrogen-bond acceptors (Lipinski definition) is 2. The SMILES string of the molecule is Cc1cc(=O)cc(C)n1C1CCCCC1O. The number of rotatable bonds is 1. The lowest BCUT2D eigenvalue weighted by Gasteiger charge is -2.32. The normalized spacial score (nSPS) is 25.7. The van der Waals surface area contributed by atoms with Crippen LogP contribution in [0.3, 0.4) is 0 Å². The van der Waals surface area contributed by atoms with Gasteiger partial charge in [0.05, 0.1) is 12.1 Å². The van der Waals surface area contributed by atoms with Gasteiger partial charge in [0.25, 0.3) is 0 Å². The summed E-state index contributed by atoms with van der Waals surface area (Å²) >= 11 is 0. The second-order valence-electron chi connectivity index (χ2n) is 4.76. The van der Waals surface area contributed by atoms with Crippen molar-refractivity contribution in [1.29, 1.82) is 0 Å². The highest BCUT2D eigenvalue weighted by atomic mass is 16.3. The first-order valence-electron chi connectivity index (χ1n) is 5.97. The minimum Gasteiger partial charge on any atom is -0.391 e. The molecule has 0 bridgehead atoms. The molecular formula is C13H19NO2. The van der Waals surface area contributed by atoms with Crippen LogP contribution in [0.25, 0.3) is 0 Å². The Hall–Kier alpha value is -1.09. The van der Waals surface area contributed by atoms with Crippen LogP contribution in [0.15, 0.2) is 16.9 Å². The van der Waals surface area contributed by atoms with Crippen molar-refractivity contribution in [2.75, 3.05) is 0 Å². The Morgan fingerprint density at radius 2 is 1.75 bits per heavy atom. The smallest absolute Gasteiger partial charge is 0.182 e. The molecule has 88 valence electrons. The minimum atomic E-state index is -0.270. The summed E-state index contributed by atoms with van der Waals surface area (Å²) < 4.78 is 2.12. The summed E-state index contributed by atoms with van der Waals surface area (Å²) in [5.74, 6) is 0. The fourth-order valence-corrected chi connectivity index (χ4v) is 2.79. The van der Waals surface area contributed by atoms with Gasteiger partial charge in [0, 0.05) is 23.5 Å². The summed E-state index contributed by atoms with van der Waals surface area (Å²) in [6.07, 6.45) is 3.87. The topological polar surface area (TPSA) is 42.2 Å². The zero-order chi connectivity index (χ0) is 11.7. The molecule has 0 aliphatic heterocycles. The predicted octanol–water partition coefficient (Wildman–Crippen LogP) is 1.94. The molecule has 1 heterocycles. The monoisotopic (exact) mass is 221 g/mol. The van der Waals surface area contributed by atoms with Gasteiger partial charge in [-0.2, -0.15) is 0 Å². The molecule has 2 unspecified atom stereocenters. The Kier molecular flexibility index (Phi) is 3.15. The third-order valence-electron chi connectivity index (χ3n) is 3.49. The molecule has 0 radical (unpaired) electrons. The molecule has 3 heteroatoms. The second-order valence-corrected chi connectivity index (χ2v) is 4.76. The molecule has 1 saturated carbocycles. The Morgan fingerprint density at radius 1 is 1.19 bits per heavy atom. The van der Waals surface area contributed by atoms with E-state index < -0.39 is 0 Å². The molecule has 1 aromatic rings. The van der Waals surface area contributed by atoms with E-state index in [0.717, 1.165) is 37.1 Å². The fourth-order valence-electron chi connectivity index (χ4n) is 2.79. The quantitative estimate of drug-likeness (QED) is 0.787. The van der Waals surface area contributed by atoms with Gasteiger partial charge >= 0.3 is 0 Å². The van der Waals surface area contributed by atoms with Crippen molar-refractivity contribution in [3.8, 4) is 0 Å². The molecule has 0 aromatic carbocycles. The highest BCUT2D eigenvalue weighted by molar-refractivity contribution is 5.14. The summed E-state index contributed by atoms with van der Waals surface area (Å²) in [7, 11) is 0. The summed E-state index contributed by atoms with van der Waals surface area (Å²) in [4.78, 5) is 11.4. The fraction of sp³-hybridized carbons (Fsp3) is 0.615. The van der Waals surface area contributed by atoms with Gasteiger partial charge in [-0.15, -0.1) is 0 Å². The Balaban J connectivity index is 2.42. The molecule has 0 amide bonds. The predicted molar refractivity (Wildman–Crippen MR) is 63.7 cm³/mol. The summed E-state index contributed by atoms with van der Waals surface area (Å²) in [6, 6.07) is 3.44. The van der Waals surface area contributed by atoms with E-state index in [2.05, 4.69) is 4.57 Å². The van der Waals surface area contributed by atoms with Crippen molar-refractivity contribution in [3.05, 3.63) is 33.7 Å². The molecular weight excluding hydrogens is 202 g/mol. The van der Waals surface area contributed by atoms with Gasteiger partial charge < -0.3 is 9.67 Å². The molecule has 16 heavy (non-hydrogen) atoms. The van der Waals surface area contributed by atoms with Gasteiger partial charge in [0.2, 0.25) is 0 Å². The lowest BCUT2D eigenvalue weighted by atomic mass is 9.91. The lowest BCUT2D eigenvalue weighted by molar-refractivity contribution is 0.0732. The number of hydrogen-bond donors (Lipinski definition) is 1. The third-order valence-corrected chi connectivity index (χ3v) is 3.49. The van der Waals surface area contributed by atoms with Crippen LogP contribution in [-0.2, 0) is 0 Å². The van der Waals surface area contributed by atoms with Crippen LogP contribution in [0.1, 0.15) is 43.1 Å². The van der Waals surface area contributed by atoms with E-state index in [1.165, 1.54) is 0 Å².